The van der Waals surface area contributed by atoms with Crippen molar-refractivity contribution in [3.8, 4) is 0 Å². The van der Waals surface area contributed by atoms with Gasteiger partial charge in [0.05, 0.1) is 12.1 Å². The molecule has 0 unspecified atom stereocenters. The van der Waals surface area contributed by atoms with Gasteiger partial charge in [0.2, 0.25) is 0 Å². The molecule has 2 aliphatic rings. The molecule has 0 bridgehead atoms. The molecule has 0 spiro atoms. The molecule has 0 aromatic heterocycles. The molecule has 1 aromatic carbocycles. The first-order valence-corrected chi connectivity index (χ1v) is 13.8. The minimum Gasteiger partial charge on any atom is -0.388 e. The van der Waals surface area contributed by atoms with Crippen molar-refractivity contribution in [3.05, 3.63) is 24.3 Å². The van der Waals surface area contributed by atoms with Crippen molar-refractivity contribution in [2.24, 2.45) is 0 Å². The number of nitrogens with zero attached hydrogens (tertiary/aromatic N) is 2. The second-order valence-electron chi connectivity index (χ2n) is 10.3. The molecule has 0 aliphatic carbocycles. The highest BCUT2D eigenvalue weighted by Gasteiger charge is 2.47. The summed E-state index contributed by atoms with van der Waals surface area (Å²) in [5, 5.41) is 70.7. The fraction of sp³-hybridized carbons (Fsp3) is 0.615. The number of urea groups is 2. The average Bonchev–Trinajstić information content (AvgIpc) is 2.96. The number of anilines is 2. The van der Waals surface area contributed by atoms with Gasteiger partial charge >= 0.3 is 12.1 Å². The maximum atomic E-state index is 12.5. The Balaban J connectivity index is 1.55. The molecule has 234 valence electrons. The van der Waals surface area contributed by atoms with E-state index in [0.717, 1.165) is 0 Å². The van der Waals surface area contributed by atoms with Crippen molar-refractivity contribution in [1.82, 2.24) is 20.4 Å². The fourth-order valence-corrected chi connectivity index (χ4v) is 5.07. The van der Waals surface area contributed by atoms with E-state index in [2.05, 4.69) is 21.3 Å². The van der Waals surface area contributed by atoms with Crippen LogP contribution in [0.2, 0.25) is 0 Å². The molecule has 8 atom stereocenters. The van der Waals surface area contributed by atoms with E-state index < -0.39 is 72.6 Å². The second kappa shape index (κ2) is 14.6. The summed E-state index contributed by atoms with van der Waals surface area (Å²) in [6.07, 6.45) is -8.80. The molecule has 3 rings (SSSR count). The number of hydrogen-bond donors (Lipinski definition) is 10. The lowest BCUT2D eigenvalue weighted by Gasteiger charge is -2.43. The molecule has 0 saturated carbocycles. The summed E-state index contributed by atoms with van der Waals surface area (Å²) in [4.78, 5) is 52.3. The minimum absolute atomic E-state index is 0.207. The third kappa shape index (κ3) is 7.45. The van der Waals surface area contributed by atoms with Crippen molar-refractivity contribution in [1.29, 1.82) is 0 Å². The predicted octanol–water partition coefficient (Wildman–Crippen LogP) is -2.66. The largest absolute Gasteiger partial charge is 0.388 e. The normalized spacial score (nSPS) is 29.7. The van der Waals surface area contributed by atoms with Gasteiger partial charge in [-0.15, -0.1) is 0 Å². The Hall–Kier alpha value is -3.54. The quantitative estimate of drug-likeness (QED) is 0.134. The van der Waals surface area contributed by atoms with Crippen molar-refractivity contribution in [3.63, 3.8) is 0 Å². The monoisotopic (exact) mass is 596 g/mol. The number of rotatable bonds is 10. The van der Waals surface area contributed by atoms with Gasteiger partial charge in [-0.25, -0.2) is 9.59 Å². The van der Waals surface area contributed by atoms with Crippen LogP contribution in [0.5, 0.6) is 0 Å². The van der Waals surface area contributed by atoms with Crippen molar-refractivity contribution >= 4 is 35.3 Å². The number of carbonyl (C=O) groups is 4. The highest BCUT2D eigenvalue weighted by atomic mass is 16.4. The van der Waals surface area contributed by atoms with E-state index in [4.69, 9.17) is 0 Å². The molecular weight excluding hydrogens is 556 g/mol. The molecule has 2 heterocycles. The molecule has 16 heteroatoms. The van der Waals surface area contributed by atoms with Crippen molar-refractivity contribution in [2.45, 2.75) is 75.4 Å². The number of aliphatic hydroxyl groups is 6. The minimum atomic E-state index is -1.76. The van der Waals surface area contributed by atoms with E-state index in [9.17, 15) is 49.8 Å². The summed E-state index contributed by atoms with van der Waals surface area (Å²) < 4.78 is 0. The highest BCUT2D eigenvalue weighted by molar-refractivity contribution is 5.93. The molecule has 2 aliphatic heterocycles. The van der Waals surface area contributed by atoms with Crippen LogP contribution >= 0.6 is 0 Å². The zero-order chi connectivity index (χ0) is 31.1. The summed E-state index contributed by atoms with van der Waals surface area (Å²) in [6, 6.07) is 2.78. The second-order valence-corrected chi connectivity index (χ2v) is 10.3. The molecule has 2 fully saturated rings. The van der Waals surface area contributed by atoms with Crippen molar-refractivity contribution in [2.75, 3.05) is 36.8 Å². The Morgan fingerprint density at radius 1 is 0.690 bits per heavy atom. The van der Waals surface area contributed by atoms with Gasteiger partial charge in [-0.1, -0.05) is 19.9 Å². The molecule has 6 amide bonds. The summed E-state index contributed by atoms with van der Waals surface area (Å²) in [5.74, 6) is -1.48. The molecular formula is C26H40N6O10. The van der Waals surface area contributed by atoms with Crippen LogP contribution in [0, 0.1) is 0 Å². The maximum absolute atomic E-state index is 12.5. The summed E-state index contributed by atoms with van der Waals surface area (Å²) in [6.45, 7) is 3.59. The van der Waals surface area contributed by atoms with Crippen molar-refractivity contribution < 1.29 is 49.8 Å². The van der Waals surface area contributed by atoms with Gasteiger partial charge < -0.3 is 61.7 Å². The van der Waals surface area contributed by atoms with E-state index >= 15 is 0 Å². The zero-order valence-electron chi connectivity index (χ0n) is 23.4. The summed E-state index contributed by atoms with van der Waals surface area (Å²) in [7, 11) is 0. The number of nitrogens with one attached hydrogen (secondary N) is 4. The number of carbonyl (C=O) groups excluding carboxylic acids is 4. The molecule has 0 radical (unpaired) electrons. The number of likely N-dealkylation sites (tertiary alicyclic amines) is 2. The molecule has 42 heavy (non-hydrogen) atoms. The van der Waals surface area contributed by atoms with Gasteiger partial charge in [-0.2, -0.15) is 0 Å². The Labute approximate surface area is 242 Å². The first kappa shape index (κ1) is 33.0. The number of aliphatic hydroxyl groups excluding tert-OH is 6. The molecule has 10 N–H and O–H groups in total. The standard InChI is InChI=1S/C26H40N6O10/c1-3-8-31-15(17(33)19(35)21(37)23(31)39)11-27-25(41)29-13-6-5-7-14(10-13)30-26(42)28-12-16-18(34)20(36)22(38)24(40)32(16)9-4-2/h5-7,10,15-22,33-38H,3-4,8-9,11-12H2,1-2H3,(H2,27,29,41)(H2,28,30,42)/t15-,16-,17-,18-,19+,20+,21-,22-/m1/s1. The van der Waals surface area contributed by atoms with Gasteiger partial charge in [0.15, 0.2) is 12.2 Å². The van der Waals surface area contributed by atoms with Crippen LogP contribution in [0.1, 0.15) is 26.7 Å². The topological polar surface area (TPSA) is 244 Å². The van der Waals surface area contributed by atoms with E-state index in [-0.39, 0.29) is 37.6 Å². The number of amides is 6. The molecule has 16 nitrogen and oxygen atoms in total. The Morgan fingerprint density at radius 2 is 1.07 bits per heavy atom. The number of hydrogen-bond acceptors (Lipinski definition) is 10. The molecule has 2 saturated heterocycles. The van der Waals surface area contributed by atoms with Gasteiger partial charge in [0.25, 0.3) is 11.8 Å². The van der Waals surface area contributed by atoms with Gasteiger partial charge in [0.1, 0.15) is 24.4 Å². The zero-order valence-corrected chi connectivity index (χ0v) is 23.4. The average molecular weight is 597 g/mol. The van der Waals surface area contributed by atoms with E-state index in [1.54, 1.807) is 32.0 Å². The number of piperidine rings is 2. The maximum Gasteiger partial charge on any atom is 0.319 e. The number of benzene rings is 1. The third-order valence-electron chi connectivity index (χ3n) is 7.26. The van der Waals surface area contributed by atoms with Gasteiger partial charge in [-0.3, -0.25) is 9.59 Å². The SMILES string of the molecule is CCCN1C(=O)[C@H](O)[C@@H](O)[C@H](O)[C@H]1CNC(=O)Nc1cccc(NC(=O)NC[C@@H]2[C@@H](O)[C@H](O)[C@@H](O)C(=O)N2CCC)c1. The van der Waals surface area contributed by atoms with Gasteiger partial charge in [0, 0.05) is 37.6 Å². The fourth-order valence-electron chi connectivity index (χ4n) is 5.07. The lowest BCUT2D eigenvalue weighted by atomic mass is 9.93. The van der Waals surface area contributed by atoms with E-state index in [0.29, 0.717) is 12.8 Å². The van der Waals surface area contributed by atoms with E-state index in [1.165, 1.54) is 15.9 Å². The first-order valence-electron chi connectivity index (χ1n) is 13.8. The molecule has 1 aromatic rings. The van der Waals surface area contributed by atoms with Crippen LogP contribution < -0.4 is 21.3 Å². The summed E-state index contributed by atoms with van der Waals surface area (Å²) >= 11 is 0. The Bertz CT molecular complexity index is 1040. The van der Waals surface area contributed by atoms with Crippen LogP contribution in [0.3, 0.4) is 0 Å². The highest BCUT2D eigenvalue weighted by Crippen LogP contribution is 2.22. The first-order chi connectivity index (χ1) is 19.9. The predicted molar refractivity (Wildman–Crippen MR) is 148 cm³/mol. The van der Waals surface area contributed by atoms with Crippen LogP contribution in [0.15, 0.2) is 24.3 Å². The lowest BCUT2D eigenvalue weighted by Crippen LogP contribution is -2.66. The van der Waals surface area contributed by atoms with Gasteiger partial charge in [-0.05, 0) is 31.0 Å². The lowest BCUT2D eigenvalue weighted by molar-refractivity contribution is -0.175. The Kier molecular flexibility index (Phi) is 11.4. The van der Waals surface area contributed by atoms with Crippen LogP contribution in [-0.4, -0.2) is 139 Å². The third-order valence-corrected chi connectivity index (χ3v) is 7.26. The van der Waals surface area contributed by atoms with E-state index in [1.807, 2.05) is 0 Å². The Morgan fingerprint density at radius 3 is 1.43 bits per heavy atom. The van der Waals surface area contributed by atoms with Crippen LogP contribution in [-0.2, 0) is 9.59 Å². The van der Waals surface area contributed by atoms with Crippen LogP contribution in [0.4, 0.5) is 21.0 Å². The van der Waals surface area contributed by atoms with Crippen LogP contribution in [0.25, 0.3) is 0 Å². The smallest absolute Gasteiger partial charge is 0.319 e. The summed E-state index contributed by atoms with van der Waals surface area (Å²) in [5.41, 5.74) is 0.567.